The van der Waals surface area contributed by atoms with E-state index in [0.29, 0.717) is 6.04 Å². The van der Waals surface area contributed by atoms with Crippen molar-refractivity contribution in [1.29, 1.82) is 0 Å². The summed E-state index contributed by atoms with van der Waals surface area (Å²) in [4.78, 5) is 2.44. The third kappa shape index (κ3) is 2.34. The first-order valence-electron chi connectivity index (χ1n) is 7.26. The van der Waals surface area contributed by atoms with Crippen LogP contribution in [0.15, 0.2) is 34.7 Å². The van der Waals surface area contributed by atoms with E-state index in [-0.39, 0.29) is 0 Å². The second kappa shape index (κ2) is 5.33. The number of hydrogen-bond donors (Lipinski definition) is 1. The van der Waals surface area contributed by atoms with E-state index in [1.54, 1.807) is 0 Å². The molecule has 106 valence electrons. The van der Waals surface area contributed by atoms with Gasteiger partial charge in [-0.3, -0.25) is 0 Å². The molecule has 1 N–H and O–H groups in total. The van der Waals surface area contributed by atoms with Crippen molar-refractivity contribution in [3.8, 4) is 0 Å². The molecule has 20 heavy (non-hydrogen) atoms. The standard InChI is InChI=1S/C17H22N2O/c1-12-8-15(20-17(12)10-18-3)11-19-13(2)9-14-6-4-5-7-16(14)19/h4-8,13,18H,9-11H2,1-3H3. The first-order chi connectivity index (χ1) is 9.69. The van der Waals surface area contributed by atoms with Gasteiger partial charge in [-0.1, -0.05) is 18.2 Å². The summed E-state index contributed by atoms with van der Waals surface area (Å²) in [6.07, 6.45) is 1.12. The van der Waals surface area contributed by atoms with Crippen molar-refractivity contribution in [3.05, 3.63) is 53.0 Å². The highest BCUT2D eigenvalue weighted by Crippen LogP contribution is 2.33. The Hall–Kier alpha value is -1.74. The molecule has 3 rings (SSSR count). The lowest BCUT2D eigenvalue weighted by molar-refractivity contribution is 0.444. The number of nitrogens with zero attached hydrogens (tertiary/aromatic N) is 1. The lowest BCUT2D eigenvalue weighted by Gasteiger charge is -2.23. The average molecular weight is 270 g/mol. The van der Waals surface area contributed by atoms with Crippen LogP contribution in [0.5, 0.6) is 0 Å². The molecule has 1 atom stereocenters. The summed E-state index contributed by atoms with van der Waals surface area (Å²) in [5.41, 5.74) is 4.03. The maximum atomic E-state index is 5.98. The van der Waals surface area contributed by atoms with Crippen LogP contribution in [-0.2, 0) is 19.5 Å². The first kappa shape index (κ1) is 13.3. The number of nitrogens with one attached hydrogen (secondary N) is 1. The number of anilines is 1. The quantitative estimate of drug-likeness (QED) is 0.924. The monoisotopic (exact) mass is 270 g/mol. The van der Waals surface area contributed by atoms with Gasteiger partial charge in [-0.15, -0.1) is 0 Å². The van der Waals surface area contributed by atoms with Gasteiger partial charge in [0.15, 0.2) is 0 Å². The van der Waals surface area contributed by atoms with Gasteiger partial charge < -0.3 is 14.6 Å². The number of rotatable bonds is 4. The molecular weight excluding hydrogens is 248 g/mol. The van der Waals surface area contributed by atoms with Crippen LogP contribution in [0.2, 0.25) is 0 Å². The largest absolute Gasteiger partial charge is 0.463 e. The van der Waals surface area contributed by atoms with Crippen molar-refractivity contribution in [1.82, 2.24) is 5.32 Å². The summed E-state index contributed by atoms with van der Waals surface area (Å²) in [6, 6.07) is 11.4. The smallest absolute Gasteiger partial charge is 0.123 e. The summed E-state index contributed by atoms with van der Waals surface area (Å²) in [7, 11) is 1.94. The minimum absolute atomic E-state index is 0.533. The average Bonchev–Trinajstić information content (AvgIpc) is 2.92. The molecule has 1 aliphatic rings. The van der Waals surface area contributed by atoms with Crippen LogP contribution in [0.4, 0.5) is 5.69 Å². The fraction of sp³-hybridized carbons (Fsp3) is 0.412. The zero-order chi connectivity index (χ0) is 14.1. The van der Waals surface area contributed by atoms with Crippen LogP contribution in [-0.4, -0.2) is 13.1 Å². The molecule has 3 heteroatoms. The van der Waals surface area contributed by atoms with Gasteiger partial charge in [0, 0.05) is 11.7 Å². The fourth-order valence-electron chi connectivity index (χ4n) is 3.04. The Balaban J connectivity index is 1.83. The van der Waals surface area contributed by atoms with E-state index in [2.05, 4.69) is 54.4 Å². The maximum absolute atomic E-state index is 5.98. The lowest BCUT2D eigenvalue weighted by atomic mass is 10.1. The Kier molecular flexibility index (Phi) is 3.53. The van der Waals surface area contributed by atoms with Crippen LogP contribution >= 0.6 is 0 Å². The van der Waals surface area contributed by atoms with Crippen LogP contribution in [0.1, 0.15) is 29.6 Å². The molecule has 0 fully saturated rings. The molecule has 0 spiro atoms. The molecule has 1 aliphatic heterocycles. The third-order valence-electron chi connectivity index (χ3n) is 4.08. The fourth-order valence-corrected chi connectivity index (χ4v) is 3.04. The SMILES string of the molecule is CNCc1oc(CN2c3ccccc3CC2C)cc1C. The Bertz CT molecular complexity index is 603. The topological polar surface area (TPSA) is 28.4 Å². The highest BCUT2D eigenvalue weighted by Gasteiger charge is 2.26. The van der Waals surface area contributed by atoms with E-state index < -0.39 is 0 Å². The van der Waals surface area contributed by atoms with Gasteiger partial charge in [0.25, 0.3) is 0 Å². The van der Waals surface area contributed by atoms with Gasteiger partial charge in [0.05, 0.1) is 13.1 Å². The number of furan rings is 1. The van der Waals surface area contributed by atoms with Crippen LogP contribution in [0.25, 0.3) is 0 Å². The molecule has 1 aromatic heterocycles. The van der Waals surface area contributed by atoms with Gasteiger partial charge in [0.2, 0.25) is 0 Å². The predicted molar refractivity (Wildman–Crippen MR) is 82.0 cm³/mol. The third-order valence-corrected chi connectivity index (χ3v) is 4.08. The predicted octanol–water partition coefficient (Wildman–Crippen LogP) is 3.26. The number of benzene rings is 1. The summed E-state index contributed by atoms with van der Waals surface area (Å²) in [5, 5.41) is 3.15. The molecule has 0 aliphatic carbocycles. The normalized spacial score (nSPS) is 17.6. The molecule has 1 unspecified atom stereocenters. The Morgan fingerprint density at radius 2 is 2.15 bits per heavy atom. The van der Waals surface area contributed by atoms with Gasteiger partial charge in [-0.25, -0.2) is 0 Å². The van der Waals surface area contributed by atoms with Gasteiger partial charge in [0.1, 0.15) is 11.5 Å². The number of hydrogen-bond acceptors (Lipinski definition) is 3. The highest BCUT2D eigenvalue weighted by atomic mass is 16.3. The van der Waals surface area contributed by atoms with E-state index in [0.717, 1.165) is 31.0 Å². The molecule has 2 aromatic rings. The highest BCUT2D eigenvalue weighted by molar-refractivity contribution is 5.59. The second-order valence-electron chi connectivity index (χ2n) is 5.66. The number of aryl methyl sites for hydroxylation is 1. The first-order valence-corrected chi connectivity index (χ1v) is 7.26. The minimum Gasteiger partial charge on any atom is -0.463 e. The Morgan fingerprint density at radius 1 is 1.35 bits per heavy atom. The Labute approximate surface area is 120 Å². The molecule has 2 heterocycles. The number of fused-ring (bicyclic) bond motifs is 1. The zero-order valence-corrected chi connectivity index (χ0v) is 12.4. The summed E-state index contributed by atoms with van der Waals surface area (Å²) in [5.74, 6) is 2.10. The molecule has 0 saturated carbocycles. The molecule has 0 saturated heterocycles. The van der Waals surface area contributed by atoms with Crippen molar-refractivity contribution < 1.29 is 4.42 Å². The summed E-state index contributed by atoms with van der Waals surface area (Å²) >= 11 is 0. The van der Waals surface area contributed by atoms with Crippen LogP contribution in [0, 0.1) is 6.92 Å². The van der Waals surface area contributed by atoms with Crippen molar-refractivity contribution in [2.24, 2.45) is 0 Å². The summed E-state index contributed by atoms with van der Waals surface area (Å²) < 4.78 is 5.98. The summed E-state index contributed by atoms with van der Waals surface area (Å²) in [6.45, 7) is 6.03. The van der Waals surface area contributed by atoms with Crippen molar-refractivity contribution >= 4 is 5.69 Å². The van der Waals surface area contributed by atoms with Crippen LogP contribution < -0.4 is 10.2 Å². The second-order valence-corrected chi connectivity index (χ2v) is 5.66. The van der Waals surface area contributed by atoms with Gasteiger partial charge in [-0.2, -0.15) is 0 Å². The van der Waals surface area contributed by atoms with E-state index in [4.69, 9.17) is 4.42 Å². The van der Waals surface area contributed by atoms with E-state index in [1.807, 2.05) is 7.05 Å². The lowest BCUT2D eigenvalue weighted by Crippen LogP contribution is -2.28. The van der Waals surface area contributed by atoms with Crippen molar-refractivity contribution in [3.63, 3.8) is 0 Å². The number of para-hydroxylation sites is 1. The van der Waals surface area contributed by atoms with E-state index >= 15 is 0 Å². The molecule has 0 amide bonds. The van der Waals surface area contributed by atoms with E-state index in [9.17, 15) is 0 Å². The maximum Gasteiger partial charge on any atom is 0.123 e. The minimum atomic E-state index is 0.533. The van der Waals surface area contributed by atoms with Gasteiger partial charge >= 0.3 is 0 Å². The van der Waals surface area contributed by atoms with Gasteiger partial charge in [-0.05, 0) is 50.6 Å². The van der Waals surface area contributed by atoms with Crippen molar-refractivity contribution in [2.45, 2.75) is 39.4 Å². The molecule has 0 radical (unpaired) electrons. The zero-order valence-electron chi connectivity index (χ0n) is 12.4. The molecular formula is C17H22N2O. The van der Waals surface area contributed by atoms with E-state index in [1.165, 1.54) is 16.8 Å². The molecule has 0 bridgehead atoms. The van der Waals surface area contributed by atoms with Crippen molar-refractivity contribution in [2.75, 3.05) is 11.9 Å². The Morgan fingerprint density at radius 3 is 2.95 bits per heavy atom. The molecule has 3 nitrogen and oxygen atoms in total. The van der Waals surface area contributed by atoms with Crippen LogP contribution in [0.3, 0.4) is 0 Å². The molecule has 1 aromatic carbocycles.